The van der Waals surface area contributed by atoms with Crippen molar-refractivity contribution in [3.05, 3.63) is 24.3 Å². The molecule has 18 heavy (non-hydrogen) atoms. The second kappa shape index (κ2) is 7.94. The number of ether oxygens (including phenoxy) is 1. The van der Waals surface area contributed by atoms with Gasteiger partial charge in [-0.3, -0.25) is 9.59 Å². The minimum atomic E-state index is -0.981. The van der Waals surface area contributed by atoms with E-state index in [2.05, 4.69) is 4.74 Å². The van der Waals surface area contributed by atoms with Crippen molar-refractivity contribution in [3.63, 3.8) is 0 Å². The van der Waals surface area contributed by atoms with Crippen molar-refractivity contribution in [2.45, 2.75) is 13.3 Å². The SMILES string of the molecule is COC(=O)CC(C)C(=O)O.Nc1ccccc1N. The Morgan fingerprint density at radius 1 is 1.28 bits per heavy atom. The molecule has 1 rings (SSSR count). The third-order valence-electron chi connectivity index (χ3n) is 2.12. The summed E-state index contributed by atoms with van der Waals surface area (Å²) in [5, 5.41) is 8.32. The van der Waals surface area contributed by atoms with Crippen molar-refractivity contribution >= 4 is 23.3 Å². The number of carbonyl (C=O) groups excluding carboxylic acids is 1. The molecule has 0 heterocycles. The zero-order chi connectivity index (χ0) is 14.1. The van der Waals surface area contributed by atoms with Gasteiger partial charge in [-0.1, -0.05) is 19.1 Å². The van der Waals surface area contributed by atoms with Crippen LogP contribution in [0.3, 0.4) is 0 Å². The largest absolute Gasteiger partial charge is 0.481 e. The van der Waals surface area contributed by atoms with E-state index in [1.165, 1.54) is 14.0 Å². The molecule has 0 aliphatic rings. The van der Waals surface area contributed by atoms with Gasteiger partial charge >= 0.3 is 11.9 Å². The molecule has 0 spiro atoms. The van der Waals surface area contributed by atoms with Gasteiger partial charge in [0, 0.05) is 0 Å². The number of carboxylic acid groups (broad SMARTS) is 1. The van der Waals surface area contributed by atoms with E-state index in [0.29, 0.717) is 11.4 Å². The van der Waals surface area contributed by atoms with Crippen LogP contribution in [0.25, 0.3) is 0 Å². The summed E-state index contributed by atoms with van der Waals surface area (Å²) in [5.41, 5.74) is 12.1. The summed E-state index contributed by atoms with van der Waals surface area (Å²) in [6.07, 6.45) is -0.0637. The van der Waals surface area contributed by atoms with Gasteiger partial charge < -0.3 is 21.3 Å². The quantitative estimate of drug-likeness (QED) is 0.550. The second-order valence-corrected chi connectivity index (χ2v) is 3.65. The fourth-order valence-corrected chi connectivity index (χ4v) is 0.932. The molecular formula is C12H18N2O4. The molecular weight excluding hydrogens is 236 g/mol. The van der Waals surface area contributed by atoms with E-state index >= 15 is 0 Å². The molecule has 0 saturated carbocycles. The van der Waals surface area contributed by atoms with Crippen molar-refractivity contribution in [2.75, 3.05) is 18.6 Å². The first-order chi connectivity index (χ1) is 8.38. The average Bonchev–Trinajstić information content (AvgIpc) is 2.33. The molecule has 1 aromatic carbocycles. The summed E-state index contributed by atoms with van der Waals surface area (Å²) >= 11 is 0. The summed E-state index contributed by atoms with van der Waals surface area (Å²) in [6, 6.07) is 7.25. The standard InChI is InChI=1S/C6H8N2.C6H10O4/c7-5-3-1-2-4-6(5)8;1-4(6(8)9)3-5(7)10-2/h1-4H,7-8H2;4H,3H2,1-2H3,(H,8,9). The van der Waals surface area contributed by atoms with Crippen LogP contribution in [0.1, 0.15) is 13.3 Å². The minimum Gasteiger partial charge on any atom is -0.481 e. The Morgan fingerprint density at radius 3 is 2.00 bits per heavy atom. The Hall–Kier alpha value is -2.24. The number of rotatable bonds is 3. The van der Waals surface area contributed by atoms with E-state index < -0.39 is 17.9 Å². The van der Waals surface area contributed by atoms with Gasteiger partial charge in [0.15, 0.2) is 0 Å². The lowest BCUT2D eigenvalue weighted by molar-refractivity contribution is -0.149. The Kier molecular flexibility index (Phi) is 6.95. The highest BCUT2D eigenvalue weighted by Gasteiger charge is 2.15. The van der Waals surface area contributed by atoms with Gasteiger partial charge in [0.05, 0.1) is 30.8 Å². The highest BCUT2D eigenvalue weighted by atomic mass is 16.5. The number of hydrogen-bond donors (Lipinski definition) is 3. The first-order valence-corrected chi connectivity index (χ1v) is 5.28. The number of benzene rings is 1. The van der Waals surface area contributed by atoms with Gasteiger partial charge in [0.2, 0.25) is 0 Å². The molecule has 0 amide bonds. The van der Waals surface area contributed by atoms with E-state index in [9.17, 15) is 9.59 Å². The fraction of sp³-hybridized carbons (Fsp3) is 0.333. The van der Waals surface area contributed by atoms with Crippen LogP contribution in [-0.2, 0) is 14.3 Å². The lowest BCUT2D eigenvalue weighted by Crippen LogP contribution is -2.15. The smallest absolute Gasteiger partial charge is 0.306 e. The Balaban J connectivity index is 0.000000327. The Bertz CT molecular complexity index is 386. The van der Waals surface area contributed by atoms with E-state index in [1.807, 2.05) is 12.1 Å². The zero-order valence-corrected chi connectivity index (χ0v) is 10.4. The van der Waals surface area contributed by atoms with Crippen molar-refractivity contribution < 1.29 is 19.4 Å². The highest BCUT2D eigenvalue weighted by Crippen LogP contribution is 2.10. The molecule has 100 valence electrons. The minimum absolute atomic E-state index is 0.0637. The average molecular weight is 254 g/mol. The first-order valence-electron chi connectivity index (χ1n) is 5.28. The molecule has 0 radical (unpaired) electrons. The van der Waals surface area contributed by atoms with Crippen LogP contribution in [0.15, 0.2) is 24.3 Å². The van der Waals surface area contributed by atoms with E-state index in [-0.39, 0.29) is 6.42 Å². The van der Waals surface area contributed by atoms with Crippen LogP contribution < -0.4 is 11.5 Å². The molecule has 0 bridgehead atoms. The maximum Gasteiger partial charge on any atom is 0.306 e. The molecule has 1 unspecified atom stereocenters. The van der Waals surface area contributed by atoms with E-state index in [1.54, 1.807) is 12.1 Å². The van der Waals surface area contributed by atoms with Gasteiger partial charge in [-0.15, -0.1) is 0 Å². The number of hydrogen-bond acceptors (Lipinski definition) is 5. The number of nitrogen functional groups attached to an aromatic ring is 2. The van der Waals surface area contributed by atoms with Crippen molar-refractivity contribution in [3.8, 4) is 0 Å². The molecule has 0 fully saturated rings. The number of methoxy groups -OCH3 is 1. The third-order valence-corrected chi connectivity index (χ3v) is 2.12. The van der Waals surface area contributed by atoms with Crippen LogP contribution >= 0.6 is 0 Å². The lowest BCUT2D eigenvalue weighted by atomic mass is 10.1. The maximum atomic E-state index is 10.4. The number of carbonyl (C=O) groups is 2. The predicted molar refractivity (Wildman–Crippen MR) is 68.7 cm³/mol. The van der Waals surface area contributed by atoms with Crippen molar-refractivity contribution in [1.29, 1.82) is 0 Å². The van der Waals surface area contributed by atoms with Gasteiger partial charge in [-0.25, -0.2) is 0 Å². The topological polar surface area (TPSA) is 116 Å². The monoisotopic (exact) mass is 254 g/mol. The molecule has 0 aliphatic carbocycles. The zero-order valence-electron chi connectivity index (χ0n) is 10.4. The fourth-order valence-electron chi connectivity index (χ4n) is 0.932. The number of nitrogens with two attached hydrogens (primary N) is 2. The molecule has 5 N–H and O–H groups in total. The number of para-hydroxylation sites is 2. The number of anilines is 2. The number of esters is 1. The molecule has 0 aliphatic heterocycles. The summed E-state index contributed by atoms with van der Waals surface area (Å²) in [7, 11) is 1.23. The highest BCUT2D eigenvalue weighted by molar-refractivity contribution is 5.78. The van der Waals surface area contributed by atoms with Crippen molar-refractivity contribution in [1.82, 2.24) is 0 Å². The summed E-state index contributed by atoms with van der Waals surface area (Å²) in [6.45, 7) is 1.46. The van der Waals surface area contributed by atoms with Gasteiger partial charge in [-0.2, -0.15) is 0 Å². The van der Waals surface area contributed by atoms with E-state index in [0.717, 1.165) is 0 Å². The lowest BCUT2D eigenvalue weighted by Gasteiger charge is -2.02. The molecule has 1 atom stereocenters. The van der Waals surface area contributed by atoms with Crippen LogP contribution in [0, 0.1) is 5.92 Å². The van der Waals surface area contributed by atoms with Crippen LogP contribution in [-0.4, -0.2) is 24.2 Å². The Labute approximate surface area is 106 Å². The van der Waals surface area contributed by atoms with Crippen LogP contribution in [0.4, 0.5) is 11.4 Å². The molecule has 0 saturated heterocycles. The van der Waals surface area contributed by atoms with Crippen LogP contribution in [0.2, 0.25) is 0 Å². The Morgan fingerprint density at radius 2 is 1.72 bits per heavy atom. The van der Waals surface area contributed by atoms with Gasteiger partial charge in [0.25, 0.3) is 0 Å². The number of carboxylic acids is 1. The van der Waals surface area contributed by atoms with E-state index in [4.69, 9.17) is 16.6 Å². The molecule has 1 aromatic rings. The summed E-state index contributed by atoms with van der Waals surface area (Å²) in [4.78, 5) is 20.6. The molecule has 6 heteroatoms. The summed E-state index contributed by atoms with van der Waals surface area (Å²) < 4.78 is 4.27. The number of aliphatic carboxylic acids is 1. The van der Waals surface area contributed by atoms with Gasteiger partial charge in [-0.05, 0) is 12.1 Å². The molecule has 0 aromatic heterocycles. The van der Waals surface area contributed by atoms with Gasteiger partial charge in [0.1, 0.15) is 0 Å². The second-order valence-electron chi connectivity index (χ2n) is 3.65. The molecule has 6 nitrogen and oxygen atoms in total. The maximum absolute atomic E-state index is 10.4. The predicted octanol–water partition coefficient (Wildman–Crippen LogP) is 1.12. The summed E-state index contributed by atoms with van der Waals surface area (Å²) in [5.74, 6) is -2.13. The van der Waals surface area contributed by atoms with Crippen molar-refractivity contribution in [2.24, 2.45) is 5.92 Å². The van der Waals surface area contributed by atoms with Crippen LogP contribution in [0.5, 0.6) is 0 Å². The first kappa shape index (κ1) is 15.8. The normalized spacial score (nSPS) is 10.8. The third kappa shape index (κ3) is 6.37.